The van der Waals surface area contributed by atoms with E-state index in [2.05, 4.69) is 10.1 Å². The third-order valence-corrected chi connectivity index (χ3v) is 2.74. The molecule has 7 nitrogen and oxygen atoms in total. The molecule has 0 atom stereocenters. The van der Waals surface area contributed by atoms with Gasteiger partial charge < -0.3 is 14.6 Å². The van der Waals surface area contributed by atoms with Crippen molar-refractivity contribution in [1.29, 1.82) is 0 Å². The Hall–Kier alpha value is -2.15. The molecule has 0 aromatic carbocycles. The van der Waals surface area contributed by atoms with E-state index in [-0.39, 0.29) is 16.7 Å². The van der Waals surface area contributed by atoms with Crippen LogP contribution < -0.4 is 15.9 Å². The van der Waals surface area contributed by atoms with Crippen molar-refractivity contribution in [2.45, 2.75) is 0 Å². The molecular formula is C12H16N4O3. The van der Waals surface area contributed by atoms with Crippen LogP contribution in [0.1, 0.15) is 0 Å². The first-order chi connectivity index (χ1) is 9.00. The SMILES string of the molecule is CN(C)CCOc1c(=O)[nH]cc2cnn(C)c(=O)c12. The zero-order valence-electron chi connectivity index (χ0n) is 11.1. The zero-order chi connectivity index (χ0) is 14.0. The van der Waals surface area contributed by atoms with Gasteiger partial charge in [-0.05, 0) is 14.1 Å². The molecule has 2 aromatic rings. The predicted molar refractivity (Wildman–Crippen MR) is 71.7 cm³/mol. The van der Waals surface area contributed by atoms with Crippen molar-refractivity contribution < 1.29 is 4.74 Å². The number of aromatic nitrogens is 3. The molecule has 2 aromatic heterocycles. The first kappa shape index (κ1) is 13.3. The number of H-pyrrole nitrogens is 1. The van der Waals surface area contributed by atoms with Crippen molar-refractivity contribution in [2.24, 2.45) is 7.05 Å². The molecule has 0 unspecified atom stereocenters. The van der Waals surface area contributed by atoms with Gasteiger partial charge in [0.2, 0.25) is 0 Å². The van der Waals surface area contributed by atoms with Gasteiger partial charge in [-0.15, -0.1) is 0 Å². The standard InChI is InChI=1S/C12H16N4O3/c1-15(2)4-5-19-10-9-8(6-13-11(10)17)7-14-16(3)12(9)18/h6-7H,4-5H2,1-3H3,(H,13,17). The summed E-state index contributed by atoms with van der Waals surface area (Å²) in [5, 5.41) is 4.73. The van der Waals surface area contributed by atoms with Crippen molar-refractivity contribution in [3.05, 3.63) is 33.1 Å². The van der Waals surface area contributed by atoms with Crippen molar-refractivity contribution in [3.8, 4) is 5.75 Å². The molecule has 0 saturated carbocycles. The van der Waals surface area contributed by atoms with Gasteiger partial charge in [-0.1, -0.05) is 0 Å². The molecule has 0 saturated heterocycles. The number of ether oxygens (including phenoxy) is 1. The van der Waals surface area contributed by atoms with E-state index in [0.717, 1.165) is 0 Å². The number of fused-ring (bicyclic) bond motifs is 1. The number of hydrogen-bond donors (Lipinski definition) is 1. The second-order valence-electron chi connectivity index (χ2n) is 4.50. The Morgan fingerprint density at radius 1 is 1.42 bits per heavy atom. The topological polar surface area (TPSA) is 80.2 Å². The van der Waals surface area contributed by atoms with Gasteiger partial charge >= 0.3 is 0 Å². The lowest BCUT2D eigenvalue weighted by Crippen LogP contribution is -2.25. The molecule has 0 spiro atoms. The molecule has 2 heterocycles. The van der Waals surface area contributed by atoms with E-state index in [0.29, 0.717) is 18.5 Å². The molecule has 7 heteroatoms. The third-order valence-electron chi connectivity index (χ3n) is 2.74. The number of nitrogens with one attached hydrogen (secondary N) is 1. The molecule has 0 aliphatic rings. The quantitative estimate of drug-likeness (QED) is 0.810. The monoisotopic (exact) mass is 264 g/mol. The largest absolute Gasteiger partial charge is 0.486 e. The molecule has 0 amide bonds. The summed E-state index contributed by atoms with van der Waals surface area (Å²) in [5.41, 5.74) is -0.752. The Morgan fingerprint density at radius 2 is 2.16 bits per heavy atom. The Kier molecular flexibility index (Phi) is 3.66. The van der Waals surface area contributed by atoms with Crippen LogP contribution in [0.5, 0.6) is 5.75 Å². The lowest BCUT2D eigenvalue weighted by atomic mass is 10.2. The minimum Gasteiger partial charge on any atom is -0.486 e. The van der Waals surface area contributed by atoms with Gasteiger partial charge in [0.05, 0.1) is 11.6 Å². The maximum Gasteiger partial charge on any atom is 0.291 e. The van der Waals surface area contributed by atoms with Gasteiger partial charge in [-0.2, -0.15) is 5.10 Å². The minimum absolute atomic E-state index is 0.0577. The summed E-state index contributed by atoms with van der Waals surface area (Å²) >= 11 is 0. The number of nitrogens with zero attached hydrogens (tertiary/aromatic N) is 3. The van der Waals surface area contributed by atoms with Crippen LogP contribution in [-0.4, -0.2) is 46.9 Å². The van der Waals surface area contributed by atoms with E-state index in [9.17, 15) is 9.59 Å². The van der Waals surface area contributed by atoms with Crippen LogP contribution in [0.15, 0.2) is 22.0 Å². The fourth-order valence-corrected chi connectivity index (χ4v) is 1.68. The molecule has 0 aliphatic heterocycles. The van der Waals surface area contributed by atoms with E-state index >= 15 is 0 Å². The number of rotatable bonds is 4. The summed E-state index contributed by atoms with van der Waals surface area (Å²) in [6.45, 7) is 0.988. The first-order valence-electron chi connectivity index (χ1n) is 5.86. The van der Waals surface area contributed by atoms with Crippen molar-refractivity contribution in [1.82, 2.24) is 19.7 Å². The van der Waals surface area contributed by atoms with Gasteiger partial charge in [0.25, 0.3) is 11.1 Å². The number of hydrogen-bond acceptors (Lipinski definition) is 5. The summed E-state index contributed by atoms with van der Waals surface area (Å²) in [7, 11) is 5.34. The van der Waals surface area contributed by atoms with Crippen LogP contribution >= 0.6 is 0 Å². The lowest BCUT2D eigenvalue weighted by molar-refractivity contribution is 0.261. The average Bonchev–Trinajstić information content (AvgIpc) is 2.36. The second-order valence-corrected chi connectivity index (χ2v) is 4.50. The molecule has 0 radical (unpaired) electrons. The highest BCUT2D eigenvalue weighted by Crippen LogP contribution is 2.15. The van der Waals surface area contributed by atoms with Gasteiger partial charge in [0.15, 0.2) is 5.75 Å². The maximum absolute atomic E-state index is 12.1. The summed E-state index contributed by atoms with van der Waals surface area (Å²) in [4.78, 5) is 28.3. The number of pyridine rings is 1. The first-order valence-corrected chi connectivity index (χ1v) is 5.86. The molecule has 0 aliphatic carbocycles. The van der Waals surface area contributed by atoms with E-state index < -0.39 is 5.56 Å². The van der Waals surface area contributed by atoms with Crippen molar-refractivity contribution in [3.63, 3.8) is 0 Å². The highest BCUT2D eigenvalue weighted by molar-refractivity contribution is 5.85. The summed E-state index contributed by atoms with van der Waals surface area (Å²) in [6.07, 6.45) is 2.98. The molecule has 0 bridgehead atoms. The Labute approximate surface area is 109 Å². The van der Waals surface area contributed by atoms with Crippen LogP contribution in [0.25, 0.3) is 10.8 Å². The van der Waals surface area contributed by atoms with Crippen LogP contribution in [0.2, 0.25) is 0 Å². The molecule has 2 rings (SSSR count). The highest BCUT2D eigenvalue weighted by atomic mass is 16.5. The van der Waals surface area contributed by atoms with Gasteiger partial charge in [-0.3, -0.25) is 9.59 Å². The Balaban J connectivity index is 2.52. The number of aryl methyl sites for hydroxylation is 1. The zero-order valence-corrected chi connectivity index (χ0v) is 11.1. The molecule has 19 heavy (non-hydrogen) atoms. The van der Waals surface area contributed by atoms with Crippen LogP contribution in [0.3, 0.4) is 0 Å². The van der Waals surface area contributed by atoms with Gasteiger partial charge in [0, 0.05) is 25.2 Å². The van der Waals surface area contributed by atoms with E-state index in [1.807, 2.05) is 19.0 Å². The van der Waals surface area contributed by atoms with Crippen LogP contribution in [0.4, 0.5) is 0 Å². The van der Waals surface area contributed by atoms with Crippen molar-refractivity contribution in [2.75, 3.05) is 27.2 Å². The molecule has 102 valence electrons. The Bertz CT molecular complexity index is 702. The predicted octanol–water partition coefficient (Wildman–Crippen LogP) is -0.438. The van der Waals surface area contributed by atoms with Crippen LogP contribution in [0, 0.1) is 0 Å². The van der Waals surface area contributed by atoms with Gasteiger partial charge in [-0.25, -0.2) is 4.68 Å². The van der Waals surface area contributed by atoms with E-state index in [1.165, 1.54) is 24.1 Å². The summed E-state index contributed by atoms with van der Waals surface area (Å²) in [6, 6.07) is 0. The number of likely N-dealkylation sites (N-methyl/N-ethyl adjacent to an activating group) is 1. The summed E-state index contributed by atoms with van der Waals surface area (Å²) in [5.74, 6) is 0.0577. The smallest absolute Gasteiger partial charge is 0.291 e. The maximum atomic E-state index is 12.1. The number of aromatic amines is 1. The fourth-order valence-electron chi connectivity index (χ4n) is 1.68. The Morgan fingerprint density at radius 3 is 2.84 bits per heavy atom. The molecule has 1 N–H and O–H groups in total. The minimum atomic E-state index is -0.408. The average molecular weight is 264 g/mol. The van der Waals surface area contributed by atoms with E-state index in [1.54, 1.807) is 0 Å². The fraction of sp³-hybridized carbons (Fsp3) is 0.417. The normalized spacial score (nSPS) is 11.2. The van der Waals surface area contributed by atoms with E-state index in [4.69, 9.17) is 4.74 Å². The molecule has 0 fully saturated rings. The van der Waals surface area contributed by atoms with Crippen molar-refractivity contribution >= 4 is 10.8 Å². The van der Waals surface area contributed by atoms with Gasteiger partial charge in [0.1, 0.15) is 6.61 Å². The third kappa shape index (κ3) is 2.65. The second kappa shape index (κ2) is 5.23. The lowest BCUT2D eigenvalue weighted by Gasteiger charge is -2.11. The summed E-state index contributed by atoms with van der Waals surface area (Å²) < 4.78 is 6.65. The highest BCUT2D eigenvalue weighted by Gasteiger charge is 2.12. The molecular weight excluding hydrogens is 248 g/mol. The van der Waals surface area contributed by atoms with Crippen LogP contribution in [-0.2, 0) is 7.05 Å².